The van der Waals surface area contributed by atoms with E-state index < -0.39 is 28.7 Å². The molecule has 0 radical (unpaired) electrons. The first-order valence-corrected chi connectivity index (χ1v) is 9.58. The Kier molecular flexibility index (Phi) is 6.17. The Bertz CT molecular complexity index is 725. The number of piperidine rings is 1. The number of alkyl halides is 3. The number of carbonyl (C=O) groups excluding carboxylic acids is 1. The van der Waals surface area contributed by atoms with Crippen LogP contribution in [-0.2, 0) is 14.8 Å². The van der Waals surface area contributed by atoms with Crippen LogP contribution in [0.5, 0.6) is 5.75 Å². The van der Waals surface area contributed by atoms with E-state index in [1.165, 1.54) is 0 Å². The van der Waals surface area contributed by atoms with Crippen molar-refractivity contribution in [2.24, 2.45) is 11.8 Å². The summed E-state index contributed by atoms with van der Waals surface area (Å²) in [5.74, 6) is -0.159. The van der Waals surface area contributed by atoms with E-state index in [0.717, 1.165) is 30.7 Å². The number of amides is 1. The van der Waals surface area contributed by atoms with Crippen molar-refractivity contribution in [1.82, 2.24) is 9.62 Å². The lowest BCUT2D eigenvalue weighted by Gasteiger charge is -2.35. The van der Waals surface area contributed by atoms with Crippen LogP contribution in [0.15, 0.2) is 29.2 Å². The number of nitrogens with one attached hydrogen (secondary N) is 1. The van der Waals surface area contributed by atoms with Crippen LogP contribution in [0.4, 0.5) is 13.2 Å². The fraction of sp³-hybridized carbons (Fsp3) is 0.562. The van der Waals surface area contributed by atoms with Gasteiger partial charge in [0.25, 0.3) is 0 Å². The number of hydrogen-bond acceptors (Lipinski definition) is 4. The van der Waals surface area contributed by atoms with Gasteiger partial charge in [0.05, 0.1) is 11.4 Å². The minimum Gasteiger partial charge on any atom is -0.406 e. The third-order valence-electron chi connectivity index (χ3n) is 4.00. The van der Waals surface area contributed by atoms with Crippen molar-refractivity contribution < 1.29 is 31.1 Å². The molecule has 2 atom stereocenters. The predicted molar refractivity (Wildman–Crippen MR) is 87.8 cm³/mol. The Balaban J connectivity index is 1.97. The molecule has 0 saturated carbocycles. The average molecular weight is 394 g/mol. The van der Waals surface area contributed by atoms with Crippen molar-refractivity contribution in [2.45, 2.75) is 31.5 Å². The largest absolute Gasteiger partial charge is 0.573 e. The van der Waals surface area contributed by atoms with Gasteiger partial charge in [-0.15, -0.1) is 13.2 Å². The van der Waals surface area contributed by atoms with E-state index in [0.29, 0.717) is 24.9 Å². The van der Waals surface area contributed by atoms with E-state index in [4.69, 9.17) is 0 Å². The fourth-order valence-electron chi connectivity index (χ4n) is 3.04. The molecule has 2 rings (SSSR count). The molecule has 0 spiro atoms. The second-order valence-electron chi connectivity index (χ2n) is 6.59. The summed E-state index contributed by atoms with van der Waals surface area (Å²) in [5, 5.41) is 0. The first kappa shape index (κ1) is 20.5. The Morgan fingerprint density at radius 3 is 2.23 bits per heavy atom. The number of likely N-dealkylation sites (tertiary alicyclic amines) is 1. The molecular formula is C16H21F3N2O4S. The van der Waals surface area contributed by atoms with Crippen molar-refractivity contribution in [3.8, 4) is 5.75 Å². The SMILES string of the molecule is CC1CC(C)CN(C(=O)CNS(=O)(=O)c2ccc(OC(F)(F)F)cc2)C1. The zero-order chi connectivity index (χ0) is 19.5. The number of benzene rings is 1. The molecule has 1 aromatic carbocycles. The number of hydrogen-bond donors (Lipinski definition) is 1. The lowest BCUT2D eigenvalue weighted by Crippen LogP contribution is -2.46. The maximum absolute atomic E-state index is 12.2. The summed E-state index contributed by atoms with van der Waals surface area (Å²) in [4.78, 5) is 13.6. The molecule has 1 aromatic rings. The van der Waals surface area contributed by atoms with Gasteiger partial charge in [0.2, 0.25) is 15.9 Å². The van der Waals surface area contributed by atoms with Crippen LogP contribution in [0.2, 0.25) is 0 Å². The standard InChI is InChI=1S/C16H21F3N2O4S/c1-11-7-12(2)10-21(9-11)15(22)8-20-26(23,24)14-5-3-13(4-6-14)25-16(17,18)19/h3-6,11-12,20H,7-10H2,1-2H3. The molecule has 0 aliphatic carbocycles. The number of carbonyl (C=O) groups is 1. The molecule has 1 saturated heterocycles. The number of halogens is 3. The zero-order valence-corrected chi connectivity index (χ0v) is 15.2. The summed E-state index contributed by atoms with van der Waals surface area (Å²) in [6.07, 6.45) is -3.84. The fourth-order valence-corrected chi connectivity index (χ4v) is 4.01. The lowest BCUT2D eigenvalue weighted by molar-refractivity contribution is -0.274. The third-order valence-corrected chi connectivity index (χ3v) is 5.42. The zero-order valence-electron chi connectivity index (χ0n) is 14.4. The average Bonchev–Trinajstić information content (AvgIpc) is 2.50. The Morgan fingerprint density at radius 1 is 1.19 bits per heavy atom. The van der Waals surface area contributed by atoms with Gasteiger partial charge in [0.15, 0.2) is 0 Å². The van der Waals surface area contributed by atoms with E-state index in [1.54, 1.807) is 4.90 Å². The van der Waals surface area contributed by atoms with Crippen LogP contribution < -0.4 is 9.46 Å². The van der Waals surface area contributed by atoms with Crippen molar-refractivity contribution in [3.05, 3.63) is 24.3 Å². The maximum atomic E-state index is 12.2. The summed E-state index contributed by atoms with van der Waals surface area (Å²) in [5.41, 5.74) is 0. The molecule has 1 N–H and O–H groups in total. The Hall–Kier alpha value is -1.81. The van der Waals surface area contributed by atoms with Gasteiger partial charge in [-0.05, 0) is 42.5 Å². The molecule has 1 heterocycles. The second-order valence-corrected chi connectivity index (χ2v) is 8.36. The van der Waals surface area contributed by atoms with Crippen LogP contribution in [0.3, 0.4) is 0 Å². The monoisotopic (exact) mass is 394 g/mol. The third kappa shape index (κ3) is 5.87. The molecule has 26 heavy (non-hydrogen) atoms. The van der Waals surface area contributed by atoms with Gasteiger partial charge in [-0.3, -0.25) is 4.79 Å². The van der Waals surface area contributed by atoms with Crippen LogP contribution in [0.25, 0.3) is 0 Å². The first-order valence-electron chi connectivity index (χ1n) is 8.09. The van der Waals surface area contributed by atoms with E-state index in [2.05, 4.69) is 9.46 Å². The quantitative estimate of drug-likeness (QED) is 0.832. The highest BCUT2D eigenvalue weighted by molar-refractivity contribution is 7.89. The van der Waals surface area contributed by atoms with Crippen molar-refractivity contribution >= 4 is 15.9 Å². The van der Waals surface area contributed by atoms with Gasteiger partial charge in [-0.25, -0.2) is 13.1 Å². The molecule has 1 aliphatic rings. The van der Waals surface area contributed by atoms with Gasteiger partial charge in [-0.1, -0.05) is 13.8 Å². The Morgan fingerprint density at radius 2 is 1.73 bits per heavy atom. The second kappa shape index (κ2) is 7.83. The van der Waals surface area contributed by atoms with Gasteiger partial charge >= 0.3 is 6.36 Å². The summed E-state index contributed by atoms with van der Waals surface area (Å²) in [6, 6.07) is 3.77. The van der Waals surface area contributed by atoms with E-state index in [1.807, 2.05) is 13.8 Å². The summed E-state index contributed by atoms with van der Waals surface area (Å²) >= 11 is 0. The highest BCUT2D eigenvalue weighted by atomic mass is 32.2. The van der Waals surface area contributed by atoms with E-state index >= 15 is 0 Å². The molecule has 1 amide bonds. The molecule has 146 valence electrons. The van der Waals surface area contributed by atoms with Gasteiger partial charge in [0.1, 0.15) is 5.75 Å². The number of ether oxygens (including phenoxy) is 1. The molecular weight excluding hydrogens is 373 g/mol. The molecule has 2 unspecified atom stereocenters. The van der Waals surface area contributed by atoms with Crippen molar-refractivity contribution in [1.29, 1.82) is 0 Å². The number of nitrogens with zero attached hydrogens (tertiary/aromatic N) is 1. The normalized spacial score (nSPS) is 21.5. The maximum Gasteiger partial charge on any atom is 0.573 e. The number of sulfonamides is 1. The summed E-state index contributed by atoms with van der Waals surface area (Å²) in [6.45, 7) is 4.82. The van der Waals surface area contributed by atoms with Crippen LogP contribution in [0, 0.1) is 11.8 Å². The van der Waals surface area contributed by atoms with Crippen LogP contribution >= 0.6 is 0 Å². The highest BCUT2D eigenvalue weighted by Crippen LogP contribution is 2.24. The summed E-state index contributed by atoms with van der Waals surface area (Å²) in [7, 11) is -4.02. The van der Waals surface area contributed by atoms with Crippen molar-refractivity contribution in [3.63, 3.8) is 0 Å². The first-order chi connectivity index (χ1) is 12.0. The minimum atomic E-state index is -4.85. The van der Waals surface area contributed by atoms with Gasteiger partial charge < -0.3 is 9.64 Å². The molecule has 6 nitrogen and oxygen atoms in total. The molecule has 0 aromatic heterocycles. The van der Waals surface area contributed by atoms with Crippen LogP contribution in [-0.4, -0.2) is 45.2 Å². The molecule has 1 aliphatic heterocycles. The summed E-state index contributed by atoms with van der Waals surface area (Å²) < 4.78 is 66.6. The smallest absolute Gasteiger partial charge is 0.406 e. The Labute approximate surface area is 150 Å². The van der Waals surface area contributed by atoms with E-state index in [-0.39, 0.29) is 10.8 Å². The molecule has 0 bridgehead atoms. The molecule has 10 heteroatoms. The molecule has 1 fully saturated rings. The number of rotatable bonds is 5. The van der Waals surface area contributed by atoms with Gasteiger partial charge in [0, 0.05) is 13.1 Å². The van der Waals surface area contributed by atoms with Gasteiger partial charge in [-0.2, -0.15) is 0 Å². The van der Waals surface area contributed by atoms with Crippen molar-refractivity contribution in [2.75, 3.05) is 19.6 Å². The van der Waals surface area contributed by atoms with Crippen LogP contribution in [0.1, 0.15) is 20.3 Å². The van der Waals surface area contributed by atoms with E-state index in [9.17, 15) is 26.4 Å². The topological polar surface area (TPSA) is 75.7 Å². The minimum absolute atomic E-state index is 0.250. The lowest BCUT2D eigenvalue weighted by atomic mass is 9.92. The highest BCUT2D eigenvalue weighted by Gasteiger charge is 2.31. The predicted octanol–water partition coefficient (Wildman–Crippen LogP) is 2.37.